The predicted octanol–water partition coefficient (Wildman–Crippen LogP) is 3.58. The molecule has 1 heterocycles. The molecule has 0 aliphatic heterocycles. The lowest BCUT2D eigenvalue weighted by Gasteiger charge is -2.08. The van der Waals surface area contributed by atoms with E-state index >= 15 is 0 Å². The summed E-state index contributed by atoms with van der Waals surface area (Å²) in [5.74, 6) is -0.158. The van der Waals surface area contributed by atoms with Gasteiger partial charge in [0.1, 0.15) is 5.75 Å². The van der Waals surface area contributed by atoms with Crippen molar-refractivity contribution in [3.05, 3.63) is 65.4 Å². The minimum atomic E-state index is -0.822. The highest BCUT2D eigenvalue weighted by Gasteiger charge is 2.12. The molecule has 0 aliphatic carbocycles. The summed E-state index contributed by atoms with van der Waals surface area (Å²) in [4.78, 5) is 26.2. The second kappa shape index (κ2) is 9.08. The number of carboxylic acids is 1. The third-order valence-corrected chi connectivity index (χ3v) is 4.58. The Morgan fingerprint density at radius 1 is 1.11 bits per heavy atom. The van der Waals surface area contributed by atoms with Crippen LogP contribution in [0.5, 0.6) is 5.75 Å². The van der Waals surface area contributed by atoms with E-state index in [1.807, 2.05) is 55.5 Å². The SMILES string of the molecule is Cc1[nH]c2ccccc2c1CC(=O)NCc1ccc(OCCCC(=O)O)cc1. The minimum Gasteiger partial charge on any atom is -0.494 e. The van der Waals surface area contributed by atoms with Gasteiger partial charge < -0.3 is 20.1 Å². The van der Waals surface area contributed by atoms with Gasteiger partial charge in [0.25, 0.3) is 0 Å². The van der Waals surface area contributed by atoms with Gasteiger partial charge in [-0.25, -0.2) is 0 Å². The Morgan fingerprint density at radius 3 is 2.61 bits per heavy atom. The number of nitrogens with one attached hydrogen (secondary N) is 2. The van der Waals surface area contributed by atoms with E-state index in [0.717, 1.165) is 27.7 Å². The molecular weight excluding hydrogens is 356 g/mol. The third kappa shape index (κ3) is 5.13. The molecule has 0 saturated heterocycles. The van der Waals surface area contributed by atoms with Crippen LogP contribution in [0.4, 0.5) is 0 Å². The van der Waals surface area contributed by atoms with Gasteiger partial charge in [-0.05, 0) is 42.7 Å². The van der Waals surface area contributed by atoms with Crippen LogP contribution in [0.2, 0.25) is 0 Å². The van der Waals surface area contributed by atoms with E-state index in [2.05, 4.69) is 10.3 Å². The fourth-order valence-corrected chi connectivity index (χ4v) is 3.10. The number of benzene rings is 2. The standard InChI is InChI=1S/C22H24N2O4/c1-15-19(18-5-2-3-6-20(18)24-15)13-21(25)23-14-16-8-10-17(11-9-16)28-12-4-7-22(26)27/h2-3,5-6,8-11,24H,4,7,12-14H2,1H3,(H,23,25)(H,26,27). The Kier molecular flexibility index (Phi) is 6.32. The molecule has 0 saturated carbocycles. The smallest absolute Gasteiger partial charge is 0.303 e. The normalized spacial score (nSPS) is 10.8. The van der Waals surface area contributed by atoms with Gasteiger partial charge in [0.2, 0.25) is 5.91 Å². The number of aromatic nitrogens is 1. The second-order valence-electron chi connectivity index (χ2n) is 6.72. The van der Waals surface area contributed by atoms with Gasteiger partial charge in [0.15, 0.2) is 0 Å². The number of para-hydroxylation sites is 1. The molecule has 3 aromatic rings. The van der Waals surface area contributed by atoms with Crippen LogP contribution >= 0.6 is 0 Å². The van der Waals surface area contributed by atoms with Crippen molar-refractivity contribution in [1.82, 2.24) is 10.3 Å². The van der Waals surface area contributed by atoms with E-state index in [1.165, 1.54) is 0 Å². The first-order valence-corrected chi connectivity index (χ1v) is 9.29. The Morgan fingerprint density at radius 2 is 1.86 bits per heavy atom. The molecule has 0 radical (unpaired) electrons. The number of hydrogen-bond acceptors (Lipinski definition) is 3. The van der Waals surface area contributed by atoms with Crippen molar-refractivity contribution in [2.45, 2.75) is 32.7 Å². The number of H-pyrrole nitrogens is 1. The van der Waals surface area contributed by atoms with E-state index in [4.69, 9.17) is 9.84 Å². The number of carboxylic acid groups (broad SMARTS) is 1. The van der Waals surface area contributed by atoms with Gasteiger partial charge in [0.05, 0.1) is 13.0 Å². The van der Waals surface area contributed by atoms with Crippen molar-refractivity contribution < 1.29 is 19.4 Å². The molecule has 6 heteroatoms. The quantitative estimate of drug-likeness (QED) is 0.495. The summed E-state index contributed by atoms with van der Waals surface area (Å²) < 4.78 is 5.51. The molecule has 0 spiro atoms. The highest BCUT2D eigenvalue weighted by atomic mass is 16.5. The molecule has 0 bridgehead atoms. The highest BCUT2D eigenvalue weighted by Crippen LogP contribution is 2.22. The van der Waals surface area contributed by atoms with Crippen molar-refractivity contribution in [2.24, 2.45) is 0 Å². The number of rotatable bonds is 9. The topological polar surface area (TPSA) is 91.4 Å². The molecule has 28 heavy (non-hydrogen) atoms. The molecule has 2 aromatic carbocycles. The monoisotopic (exact) mass is 380 g/mol. The first-order valence-electron chi connectivity index (χ1n) is 9.29. The van der Waals surface area contributed by atoms with Crippen LogP contribution in [0.25, 0.3) is 10.9 Å². The van der Waals surface area contributed by atoms with E-state index in [-0.39, 0.29) is 12.3 Å². The number of aliphatic carboxylic acids is 1. The molecule has 146 valence electrons. The van der Waals surface area contributed by atoms with Crippen LogP contribution in [0.1, 0.15) is 29.7 Å². The number of carbonyl (C=O) groups is 2. The van der Waals surface area contributed by atoms with Gasteiger partial charge in [-0.2, -0.15) is 0 Å². The number of hydrogen-bond donors (Lipinski definition) is 3. The Labute approximate surface area is 163 Å². The molecule has 0 fully saturated rings. The van der Waals surface area contributed by atoms with E-state index < -0.39 is 5.97 Å². The summed E-state index contributed by atoms with van der Waals surface area (Å²) >= 11 is 0. The number of ether oxygens (including phenoxy) is 1. The molecule has 1 amide bonds. The summed E-state index contributed by atoms with van der Waals surface area (Å²) in [6, 6.07) is 15.4. The second-order valence-corrected chi connectivity index (χ2v) is 6.72. The van der Waals surface area contributed by atoms with Crippen LogP contribution in [-0.4, -0.2) is 28.6 Å². The van der Waals surface area contributed by atoms with Crippen molar-refractivity contribution in [3.63, 3.8) is 0 Å². The fraction of sp³-hybridized carbons (Fsp3) is 0.273. The lowest BCUT2D eigenvalue weighted by atomic mass is 10.1. The largest absolute Gasteiger partial charge is 0.494 e. The number of carbonyl (C=O) groups excluding carboxylic acids is 1. The average molecular weight is 380 g/mol. The summed E-state index contributed by atoms with van der Waals surface area (Å²) in [7, 11) is 0. The maximum absolute atomic E-state index is 12.4. The number of aromatic amines is 1. The maximum atomic E-state index is 12.4. The molecule has 3 rings (SSSR count). The van der Waals surface area contributed by atoms with Crippen molar-refractivity contribution in [3.8, 4) is 5.75 Å². The third-order valence-electron chi connectivity index (χ3n) is 4.58. The van der Waals surface area contributed by atoms with Crippen LogP contribution in [-0.2, 0) is 22.6 Å². The summed E-state index contributed by atoms with van der Waals surface area (Å²) in [6.07, 6.45) is 0.904. The molecule has 1 aromatic heterocycles. The van der Waals surface area contributed by atoms with Gasteiger partial charge >= 0.3 is 5.97 Å². The number of fused-ring (bicyclic) bond motifs is 1. The first kappa shape index (κ1) is 19.5. The van der Waals surface area contributed by atoms with Crippen LogP contribution in [0, 0.1) is 6.92 Å². The lowest BCUT2D eigenvalue weighted by molar-refractivity contribution is -0.137. The lowest BCUT2D eigenvalue weighted by Crippen LogP contribution is -2.24. The molecule has 0 unspecified atom stereocenters. The fourth-order valence-electron chi connectivity index (χ4n) is 3.10. The maximum Gasteiger partial charge on any atom is 0.303 e. The van der Waals surface area contributed by atoms with Crippen LogP contribution in [0.15, 0.2) is 48.5 Å². The van der Waals surface area contributed by atoms with Crippen LogP contribution in [0.3, 0.4) is 0 Å². The molecular formula is C22H24N2O4. The molecule has 0 aliphatic rings. The highest BCUT2D eigenvalue weighted by molar-refractivity contribution is 5.90. The van der Waals surface area contributed by atoms with Gasteiger partial charge in [0, 0.05) is 29.6 Å². The summed E-state index contributed by atoms with van der Waals surface area (Å²) in [5, 5.41) is 12.6. The summed E-state index contributed by atoms with van der Waals surface area (Å²) in [5.41, 5.74) is 4.06. The van der Waals surface area contributed by atoms with E-state index in [9.17, 15) is 9.59 Å². The van der Waals surface area contributed by atoms with Crippen molar-refractivity contribution in [2.75, 3.05) is 6.61 Å². The molecule has 0 atom stereocenters. The zero-order valence-corrected chi connectivity index (χ0v) is 15.8. The molecule has 3 N–H and O–H groups in total. The Bertz CT molecular complexity index is 960. The number of amides is 1. The van der Waals surface area contributed by atoms with Gasteiger partial charge in [-0.1, -0.05) is 30.3 Å². The molecule has 6 nitrogen and oxygen atoms in total. The first-order chi connectivity index (χ1) is 13.5. The average Bonchev–Trinajstić information content (AvgIpc) is 3.00. The van der Waals surface area contributed by atoms with Crippen LogP contribution < -0.4 is 10.1 Å². The van der Waals surface area contributed by atoms with E-state index in [1.54, 1.807) is 0 Å². The Hall–Kier alpha value is -3.28. The zero-order valence-electron chi connectivity index (χ0n) is 15.8. The van der Waals surface area contributed by atoms with Crippen molar-refractivity contribution >= 4 is 22.8 Å². The predicted molar refractivity (Wildman–Crippen MR) is 107 cm³/mol. The minimum absolute atomic E-state index is 0.0261. The van der Waals surface area contributed by atoms with Gasteiger partial charge in [-0.3, -0.25) is 9.59 Å². The van der Waals surface area contributed by atoms with E-state index in [0.29, 0.717) is 31.7 Å². The summed E-state index contributed by atoms with van der Waals surface area (Å²) in [6.45, 7) is 2.80. The Balaban J connectivity index is 1.49. The number of aryl methyl sites for hydroxylation is 1. The zero-order chi connectivity index (χ0) is 19.9. The van der Waals surface area contributed by atoms with Crippen molar-refractivity contribution in [1.29, 1.82) is 0 Å². The van der Waals surface area contributed by atoms with Gasteiger partial charge in [-0.15, -0.1) is 0 Å².